The summed E-state index contributed by atoms with van der Waals surface area (Å²) in [5.41, 5.74) is 0. The van der Waals surface area contributed by atoms with Crippen LogP contribution in [0.4, 0.5) is 0 Å². The molecule has 6 nitrogen and oxygen atoms in total. The Morgan fingerprint density at radius 3 is 2.06 bits per heavy atom. The van der Waals surface area contributed by atoms with Crippen LogP contribution in [0, 0.1) is 0 Å². The largest absolute Gasteiger partial charge is 0.386 e. The fraction of sp³-hybridized carbons (Fsp3) is 1.00. The summed E-state index contributed by atoms with van der Waals surface area (Å²) < 4.78 is 33.3. The van der Waals surface area contributed by atoms with Crippen LogP contribution in [0.15, 0.2) is 0 Å². The van der Waals surface area contributed by atoms with E-state index < -0.39 is 21.1 Å². The Bertz CT molecular complexity index is 288. The highest BCUT2D eigenvalue weighted by atomic mass is 31.2. The van der Waals surface area contributed by atoms with Gasteiger partial charge in [-0.1, -0.05) is 6.92 Å². The van der Waals surface area contributed by atoms with E-state index in [9.17, 15) is 9.13 Å². The molecule has 16 heavy (non-hydrogen) atoms. The average molecular weight is 273 g/mol. The molecule has 98 valence electrons. The molecular formula is C8H21NO5P2. The van der Waals surface area contributed by atoms with Crippen molar-refractivity contribution in [2.75, 3.05) is 46.3 Å². The smallest absolute Gasteiger partial charge is 0.240 e. The van der Waals surface area contributed by atoms with Gasteiger partial charge in [0.25, 0.3) is 0 Å². The first-order chi connectivity index (χ1) is 7.32. The van der Waals surface area contributed by atoms with Crippen molar-refractivity contribution < 1.29 is 23.3 Å². The molecule has 0 radical (unpaired) electrons. The SMILES string of the molecule is CCN(CP(C)(=O)OC)CP(=O)(CO)OC. The van der Waals surface area contributed by atoms with Crippen molar-refractivity contribution in [1.82, 2.24) is 4.90 Å². The number of aliphatic hydroxyl groups excluding tert-OH is 1. The second-order valence-electron chi connectivity index (χ2n) is 3.61. The third-order valence-corrected chi connectivity index (χ3v) is 5.87. The van der Waals surface area contributed by atoms with Crippen molar-refractivity contribution in [2.45, 2.75) is 6.92 Å². The van der Waals surface area contributed by atoms with E-state index in [1.807, 2.05) is 6.92 Å². The van der Waals surface area contributed by atoms with E-state index in [-0.39, 0.29) is 12.6 Å². The Hall–Kier alpha value is 0.300. The molecule has 0 rings (SSSR count). The Balaban J connectivity index is 4.53. The van der Waals surface area contributed by atoms with Gasteiger partial charge in [-0.15, -0.1) is 0 Å². The van der Waals surface area contributed by atoms with Crippen molar-refractivity contribution in [3.63, 3.8) is 0 Å². The van der Waals surface area contributed by atoms with Gasteiger partial charge in [-0.25, -0.2) is 0 Å². The zero-order valence-corrected chi connectivity index (χ0v) is 12.0. The standard InChI is InChI=1S/C8H21NO5P2/c1-5-9(6-15(4,11)13-2)7-16(12,8-10)14-3/h10H,5-8H2,1-4H3. The molecule has 0 aromatic rings. The molecule has 0 fully saturated rings. The van der Waals surface area contributed by atoms with E-state index >= 15 is 0 Å². The van der Waals surface area contributed by atoms with E-state index in [4.69, 9.17) is 14.2 Å². The van der Waals surface area contributed by atoms with Crippen LogP contribution in [-0.4, -0.2) is 56.4 Å². The fourth-order valence-corrected chi connectivity index (χ4v) is 3.66. The highest BCUT2D eigenvalue weighted by Crippen LogP contribution is 2.48. The first kappa shape index (κ1) is 16.3. The second kappa shape index (κ2) is 6.90. The van der Waals surface area contributed by atoms with Gasteiger partial charge < -0.3 is 14.2 Å². The van der Waals surface area contributed by atoms with Gasteiger partial charge in [-0.2, -0.15) is 0 Å². The average Bonchev–Trinajstić information content (AvgIpc) is 2.27. The van der Waals surface area contributed by atoms with Crippen molar-refractivity contribution >= 4 is 14.7 Å². The van der Waals surface area contributed by atoms with Crippen LogP contribution in [-0.2, 0) is 18.2 Å². The molecule has 0 aliphatic rings. The number of rotatable bonds is 8. The molecule has 0 spiro atoms. The van der Waals surface area contributed by atoms with Crippen LogP contribution in [0.1, 0.15) is 6.92 Å². The monoisotopic (exact) mass is 273 g/mol. The minimum absolute atomic E-state index is 0.0810. The van der Waals surface area contributed by atoms with Crippen LogP contribution in [0.25, 0.3) is 0 Å². The summed E-state index contributed by atoms with van der Waals surface area (Å²) in [4.78, 5) is 1.70. The topological polar surface area (TPSA) is 76.1 Å². The predicted molar refractivity (Wildman–Crippen MR) is 64.4 cm³/mol. The molecule has 0 saturated carbocycles. The summed E-state index contributed by atoms with van der Waals surface area (Å²) in [5.74, 6) is 0. The number of hydrogen-bond donors (Lipinski definition) is 1. The lowest BCUT2D eigenvalue weighted by molar-refractivity contribution is 0.281. The lowest BCUT2D eigenvalue weighted by atomic mass is 10.7. The molecular weight excluding hydrogens is 252 g/mol. The number of nitrogens with zero attached hydrogens (tertiary/aromatic N) is 1. The Labute approximate surface area is 96.8 Å². The Morgan fingerprint density at radius 2 is 1.75 bits per heavy atom. The van der Waals surface area contributed by atoms with Crippen molar-refractivity contribution in [2.24, 2.45) is 0 Å². The van der Waals surface area contributed by atoms with Crippen molar-refractivity contribution in [3.8, 4) is 0 Å². The summed E-state index contributed by atoms with van der Waals surface area (Å²) in [5, 5.41) is 8.97. The van der Waals surface area contributed by atoms with Crippen LogP contribution in [0.3, 0.4) is 0 Å². The zero-order chi connectivity index (χ0) is 12.8. The molecule has 0 aromatic heterocycles. The Morgan fingerprint density at radius 1 is 1.19 bits per heavy atom. The summed E-state index contributed by atoms with van der Waals surface area (Å²) in [6.07, 6.45) is -0.230. The lowest BCUT2D eigenvalue weighted by Crippen LogP contribution is -2.27. The van der Waals surface area contributed by atoms with Crippen LogP contribution >= 0.6 is 14.7 Å². The first-order valence-electron chi connectivity index (χ1n) is 4.91. The van der Waals surface area contributed by atoms with E-state index in [1.165, 1.54) is 20.9 Å². The van der Waals surface area contributed by atoms with E-state index in [0.29, 0.717) is 6.54 Å². The zero-order valence-electron chi connectivity index (χ0n) is 10.3. The molecule has 0 amide bonds. The third kappa shape index (κ3) is 5.58. The molecule has 0 aliphatic heterocycles. The van der Waals surface area contributed by atoms with Gasteiger partial charge in [-0.3, -0.25) is 14.0 Å². The van der Waals surface area contributed by atoms with Gasteiger partial charge in [0.2, 0.25) is 14.7 Å². The summed E-state index contributed by atoms with van der Waals surface area (Å²) in [6, 6.07) is 0. The maximum atomic E-state index is 11.8. The van der Waals surface area contributed by atoms with E-state index in [0.717, 1.165) is 0 Å². The number of hydrogen-bond acceptors (Lipinski definition) is 6. The quantitative estimate of drug-likeness (QED) is 0.678. The minimum Gasteiger partial charge on any atom is -0.386 e. The highest BCUT2D eigenvalue weighted by molar-refractivity contribution is 7.59. The summed E-state index contributed by atoms with van der Waals surface area (Å²) in [6.45, 7) is 3.94. The van der Waals surface area contributed by atoms with Crippen molar-refractivity contribution in [3.05, 3.63) is 0 Å². The number of aliphatic hydroxyl groups is 1. The van der Waals surface area contributed by atoms with Gasteiger partial charge >= 0.3 is 0 Å². The Kier molecular flexibility index (Phi) is 7.03. The van der Waals surface area contributed by atoms with Gasteiger partial charge in [0, 0.05) is 20.9 Å². The van der Waals surface area contributed by atoms with Crippen LogP contribution in [0.2, 0.25) is 0 Å². The molecule has 1 N–H and O–H groups in total. The third-order valence-electron chi connectivity index (χ3n) is 2.25. The first-order valence-corrected chi connectivity index (χ1v) is 9.17. The van der Waals surface area contributed by atoms with Gasteiger partial charge in [-0.05, 0) is 6.54 Å². The van der Waals surface area contributed by atoms with Crippen LogP contribution < -0.4 is 0 Å². The maximum Gasteiger partial charge on any atom is 0.240 e. The molecule has 0 heterocycles. The molecule has 2 unspecified atom stereocenters. The molecule has 0 bridgehead atoms. The van der Waals surface area contributed by atoms with E-state index in [2.05, 4.69) is 0 Å². The predicted octanol–water partition coefficient (Wildman–Crippen LogP) is 1.65. The molecule has 8 heteroatoms. The van der Waals surface area contributed by atoms with Gasteiger partial charge in [0.05, 0.1) is 12.6 Å². The van der Waals surface area contributed by atoms with Gasteiger partial charge in [0.15, 0.2) is 0 Å². The second-order valence-corrected chi connectivity index (χ2v) is 8.84. The summed E-state index contributed by atoms with van der Waals surface area (Å²) in [7, 11) is -3.05. The van der Waals surface area contributed by atoms with Gasteiger partial charge in [0.1, 0.15) is 6.35 Å². The molecule has 0 saturated heterocycles. The lowest BCUT2D eigenvalue weighted by Gasteiger charge is -2.26. The molecule has 2 atom stereocenters. The van der Waals surface area contributed by atoms with Crippen LogP contribution in [0.5, 0.6) is 0 Å². The molecule has 0 aromatic carbocycles. The normalized spacial score (nSPS) is 19.4. The maximum absolute atomic E-state index is 11.8. The highest BCUT2D eigenvalue weighted by Gasteiger charge is 2.27. The minimum atomic E-state index is -3.05. The van der Waals surface area contributed by atoms with E-state index in [1.54, 1.807) is 4.90 Å². The van der Waals surface area contributed by atoms with Crippen molar-refractivity contribution in [1.29, 1.82) is 0 Å². The summed E-state index contributed by atoms with van der Waals surface area (Å²) >= 11 is 0. The molecule has 0 aliphatic carbocycles. The fourth-order valence-electron chi connectivity index (χ4n) is 1.13.